The Bertz CT molecular complexity index is 1600. The number of hydrogen-bond acceptors (Lipinski definition) is 6. The van der Waals surface area contributed by atoms with E-state index in [4.69, 9.17) is 20.4 Å². The molecule has 0 bridgehead atoms. The number of nitrogens with zero attached hydrogens (tertiary/aromatic N) is 4. The summed E-state index contributed by atoms with van der Waals surface area (Å²) in [5.74, 6) is 0.423. The summed E-state index contributed by atoms with van der Waals surface area (Å²) in [6.45, 7) is 3.96. The van der Waals surface area contributed by atoms with Gasteiger partial charge in [0.15, 0.2) is 5.65 Å². The van der Waals surface area contributed by atoms with E-state index in [0.717, 1.165) is 16.7 Å². The van der Waals surface area contributed by atoms with Crippen LogP contribution in [0.1, 0.15) is 27.0 Å². The van der Waals surface area contributed by atoms with Crippen LogP contribution < -0.4 is 15.8 Å². The van der Waals surface area contributed by atoms with Crippen molar-refractivity contribution in [3.63, 3.8) is 0 Å². The maximum atomic E-state index is 13.5. The molecule has 3 N–H and O–H groups in total. The van der Waals surface area contributed by atoms with Gasteiger partial charge in [-0.1, -0.05) is 30.3 Å². The van der Waals surface area contributed by atoms with E-state index >= 15 is 0 Å². The number of hydrogen-bond donors (Lipinski definition) is 2. The first-order valence-corrected chi connectivity index (χ1v) is 11.1. The zero-order chi connectivity index (χ0) is 24.5. The van der Waals surface area contributed by atoms with Crippen LogP contribution in [0.4, 0.5) is 11.5 Å². The number of carbonyl (C=O) groups is 1. The number of nitrogens with one attached hydrogen (secondary N) is 1. The molecule has 5 aromatic rings. The fourth-order valence-corrected chi connectivity index (χ4v) is 4.12. The molecule has 0 fully saturated rings. The van der Waals surface area contributed by atoms with E-state index < -0.39 is 0 Å². The fourth-order valence-electron chi connectivity index (χ4n) is 4.12. The number of nitrogens with two attached hydrogens (primary N) is 1. The van der Waals surface area contributed by atoms with Crippen molar-refractivity contribution in [3.8, 4) is 5.75 Å². The third-order valence-electron chi connectivity index (χ3n) is 5.63. The molecule has 8 heteroatoms. The maximum Gasteiger partial charge on any atom is 0.261 e. The lowest BCUT2D eigenvalue weighted by molar-refractivity contribution is 0.102. The Labute approximate surface area is 202 Å². The summed E-state index contributed by atoms with van der Waals surface area (Å²) >= 11 is 0. The molecule has 0 atom stereocenters. The first-order chi connectivity index (χ1) is 16.9. The topological polar surface area (TPSA) is 107 Å². The van der Waals surface area contributed by atoms with Gasteiger partial charge in [-0.15, -0.1) is 0 Å². The Morgan fingerprint density at radius 2 is 1.66 bits per heavy atom. The smallest absolute Gasteiger partial charge is 0.261 e. The van der Waals surface area contributed by atoms with Crippen LogP contribution in [0.25, 0.3) is 22.2 Å². The van der Waals surface area contributed by atoms with Crippen LogP contribution in [0.5, 0.6) is 5.75 Å². The number of benzene rings is 3. The summed E-state index contributed by atoms with van der Waals surface area (Å²) in [6, 6.07) is 20.8. The number of carbonyl (C=O) groups excluding carboxylic acids is 1. The molecule has 174 valence electrons. The van der Waals surface area contributed by atoms with Crippen LogP contribution >= 0.6 is 0 Å². The zero-order valence-electron chi connectivity index (χ0n) is 19.6. The first kappa shape index (κ1) is 22.1. The number of rotatable bonds is 5. The summed E-state index contributed by atoms with van der Waals surface area (Å²) in [7, 11) is 1.60. The SMILES string of the molecule is COc1ccccc1/C=N\n1c(N)c(C(=O)Nc2cc(C)cc(C)c2)c2nc3ccccc3nc21. The summed E-state index contributed by atoms with van der Waals surface area (Å²) in [5, 5.41) is 7.52. The molecule has 2 heterocycles. The number of fused-ring (bicyclic) bond motifs is 2. The summed E-state index contributed by atoms with van der Waals surface area (Å²) in [5.41, 5.74) is 12.3. The predicted octanol–water partition coefficient (Wildman–Crippen LogP) is 4.93. The molecule has 0 aliphatic rings. The molecule has 8 nitrogen and oxygen atoms in total. The summed E-state index contributed by atoms with van der Waals surface area (Å²) in [4.78, 5) is 22.9. The number of nitrogen functional groups attached to an aromatic ring is 1. The van der Waals surface area contributed by atoms with Crippen LogP contribution in [0.15, 0.2) is 71.8 Å². The molecule has 1 amide bonds. The Morgan fingerprint density at radius 1 is 1.00 bits per heavy atom. The maximum absolute atomic E-state index is 13.5. The van der Waals surface area contributed by atoms with Crippen LogP contribution in [0.3, 0.4) is 0 Å². The van der Waals surface area contributed by atoms with Gasteiger partial charge in [0.25, 0.3) is 5.91 Å². The number of para-hydroxylation sites is 3. The lowest BCUT2D eigenvalue weighted by Crippen LogP contribution is -2.14. The summed E-state index contributed by atoms with van der Waals surface area (Å²) < 4.78 is 6.86. The second kappa shape index (κ2) is 8.90. The number of aromatic nitrogens is 3. The molecule has 0 saturated carbocycles. The summed E-state index contributed by atoms with van der Waals surface area (Å²) in [6.07, 6.45) is 1.62. The molecular weight excluding hydrogens is 440 g/mol. The number of ether oxygens (including phenoxy) is 1. The number of amides is 1. The van der Waals surface area contributed by atoms with Gasteiger partial charge >= 0.3 is 0 Å². The molecular formula is C27H24N6O2. The van der Waals surface area contributed by atoms with Gasteiger partial charge in [-0.2, -0.15) is 9.78 Å². The average molecular weight is 465 g/mol. The van der Waals surface area contributed by atoms with E-state index in [-0.39, 0.29) is 17.3 Å². The van der Waals surface area contributed by atoms with Crippen molar-refractivity contribution in [3.05, 3.63) is 89.0 Å². The molecule has 0 saturated heterocycles. The third kappa shape index (κ3) is 4.17. The third-order valence-corrected chi connectivity index (χ3v) is 5.63. The Balaban J connectivity index is 1.67. The minimum absolute atomic E-state index is 0.142. The predicted molar refractivity (Wildman–Crippen MR) is 139 cm³/mol. The highest BCUT2D eigenvalue weighted by atomic mass is 16.5. The van der Waals surface area contributed by atoms with E-state index in [9.17, 15) is 4.79 Å². The highest BCUT2D eigenvalue weighted by Crippen LogP contribution is 2.29. The number of methoxy groups -OCH3 is 1. The number of aryl methyl sites for hydroxylation is 2. The Kier molecular flexibility index (Phi) is 5.62. The minimum Gasteiger partial charge on any atom is -0.496 e. The van der Waals surface area contributed by atoms with Crippen LogP contribution in [0.2, 0.25) is 0 Å². The zero-order valence-corrected chi connectivity index (χ0v) is 19.6. The van der Waals surface area contributed by atoms with E-state index in [1.54, 1.807) is 13.3 Å². The van der Waals surface area contributed by atoms with Crippen molar-refractivity contribution in [2.24, 2.45) is 5.10 Å². The van der Waals surface area contributed by atoms with Crippen LogP contribution in [-0.4, -0.2) is 33.9 Å². The van der Waals surface area contributed by atoms with Crippen molar-refractivity contribution >= 4 is 45.8 Å². The Hall–Kier alpha value is -4.72. The fraction of sp³-hybridized carbons (Fsp3) is 0.111. The second-order valence-electron chi connectivity index (χ2n) is 8.27. The molecule has 0 aliphatic heterocycles. The van der Waals surface area contributed by atoms with Crippen molar-refractivity contribution in [1.29, 1.82) is 0 Å². The van der Waals surface area contributed by atoms with Gasteiger partial charge in [-0.05, 0) is 61.4 Å². The van der Waals surface area contributed by atoms with Crippen molar-refractivity contribution < 1.29 is 9.53 Å². The molecule has 2 aromatic heterocycles. The van der Waals surface area contributed by atoms with Gasteiger partial charge < -0.3 is 15.8 Å². The van der Waals surface area contributed by atoms with Gasteiger partial charge in [-0.3, -0.25) is 4.79 Å². The second-order valence-corrected chi connectivity index (χ2v) is 8.27. The largest absolute Gasteiger partial charge is 0.496 e. The van der Waals surface area contributed by atoms with E-state index in [1.807, 2.05) is 80.6 Å². The van der Waals surface area contributed by atoms with Crippen LogP contribution in [0, 0.1) is 13.8 Å². The quantitative estimate of drug-likeness (QED) is 0.359. The van der Waals surface area contributed by atoms with E-state index in [1.165, 1.54) is 4.68 Å². The molecule has 5 rings (SSSR count). The molecule has 35 heavy (non-hydrogen) atoms. The van der Waals surface area contributed by atoms with Crippen molar-refractivity contribution in [2.75, 3.05) is 18.2 Å². The van der Waals surface area contributed by atoms with Gasteiger partial charge in [-0.25, -0.2) is 9.97 Å². The Morgan fingerprint density at radius 3 is 2.37 bits per heavy atom. The molecule has 3 aromatic carbocycles. The van der Waals surface area contributed by atoms with E-state index in [2.05, 4.69) is 10.4 Å². The normalized spacial score (nSPS) is 11.4. The van der Waals surface area contributed by atoms with Crippen molar-refractivity contribution in [1.82, 2.24) is 14.6 Å². The monoisotopic (exact) mass is 464 g/mol. The highest BCUT2D eigenvalue weighted by molar-refractivity contribution is 6.16. The molecule has 0 unspecified atom stereocenters. The molecule has 0 radical (unpaired) electrons. The molecule has 0 aliphatic carbocycles. The van der Waals surface area contributed by atoms with Gasteiger partial charge in [0.05, 0.1) is 24.4 Å². The lowest BCUT2D eigenvalue weighted by atomic mass is 10.1. The standard InChI is InChI=1S/C27H24N6O2/c1-16-12-17(2)14-19(13-16)30-27(34)23-24-26(32-21-10-6-5-9-20(21)31-24)33(25(23)28)29-15-18-8-4-7-11-22(18)35-3/h4-15H,28H2,1-3H3,(H,30,34)/b29-15-. The van der Waals surface area contributed by atoms with Crippen LogP contribution in [-0.2, 0) is 0 Å². The minimum atomic E-state index is -0.381. The van der Waals surface area contributed by atoms with Crippen molar-refractivity contribution in [2.45, 2.75) is 13.8 Å². The molecule has 0 spiro atoms. The van der Waals surface area contributed by atoms with Gasteiger partial charge in [0.2, 0.25) is 0 Å². The van der Waals surface area contributed by atoms with E-state index in [0.29, 0.717) is 33.6 Å². The lowest BCUT2D eigenvalue weighted by Gasteiger charge is -2.08. The number of anilines is 2. The average Bonchev–Trinajstić information content (AvgIpc) is 3.10. The first-order valence-electron chi connectivity index (χ1n) is 11.1. The van der Waals surface area contributed by atoms with Gasteiger partial charge in [0.1, 0.15) is 22.6 Å². The van der Waals surface area contributed by atoms with Gasteiger partial charge in [0, 0.05) is 11.3 Å². The highest BCUT2D eigenvalue weighted by Gasteiger charge is 2.24.